The van der Waals surface area contributed by atoms with E-state index in [4.69, 9.17) is 4.74 Å². The number of benzene rings is 2. The first-order valence-electron chi connectivity index (χ1n) is 11.1. The Balaban J connectivity index is 1.58. The van der Waals surface area contributed by atoms with Crippen LogP contribution in [0.15, 0.2) is 53.7 Å². The van der Waals surface area contributed by atoms with Gasteiger partial charge in [0.05, 0.1) is 10.6 Å². The van der Waals surface area contributed by atoms with Crippen molar-refractivity contribution in [3.63, 3.8) is 0 Å². The smallest absolute Gasteiger partial charge is 0.264 e. The van der Waals surface area contributed by atoms with Gasteiger partial charge in [0, 0.05) is 32.5 Å². The summed E-state index contributed by atoms with van der Waals surface area (Å²) in [5.41, 5.74) is 3.90. The van der Waals surface area contributed by atoms with Crippen LogP contribution in [0, 0.1) is 27.7 Å². The van der Waals surface area contributed by atoms with Crippen molar-refractivity contribution >= 4 is 21.6 Å². The largest absolute Gasteiger partial charge is 0.484 e. The summed E-state index contributed by atoms with van der Waals surface area (Å²) >= 11 is 0. The molecule has 0 fully saturated rings. The molecule has 0 radical (unpaired) electrons. The van der Waals surface area contributed by atoms with Crippen LogP contribution < -0.4 is 14.4 Å². The third kappa shape index (κ3) is 5.77. The van der Waals surface area contributed by atoms with E-state index in [9.17, 15) is 13.2 Å². The van der Waals surface area contributed by atoms with Crippen molar-refractivity contribution in [2.24, 2.45) is 0 Å². The lowest BCUT2D eigenvalue weighted by Gasteiger charge is -2.24. The fourth-order valence-corrected chi connectivity index (χ4v) is 5.47. The molecule has 0 aliphatic rings. The quantitative estimate of drug-likeness (QED) is 0.445. The van der Waals surface area contributed by atoms with E-state index in [2.05, 4.69) is 10.4 Å². The first kappa shape index (κ1) is 25.3. The number of carbonyl (C=O) groups excluding carboxylic acids is 1. The van der Waals surface area contributed by atoms with E-state index in [0.29, 0.717) is 22.9 Å². The number of hydrogen-bond donors (Lipinski definition) is 1. The molecule has 1 amide bonds. The third-order valence-electron chi connectivity index (χ3n) is 5.93. The van der Waals surface area contributed by atoms with Crippen molar-refractivity contribution in [3.8, 4) is 5.75 Å². The van der Waals surface area contributed by atoms with Crippen molar-refractivity contribution in [2.75, 3.05) is 24.5 Å². The van der Waals surface area contributed by atoms with Crippen LogP contribution in [0.5, 0.6) is 5.75 Å². The van der Waals surface area contributed by atoms with Gasteiger partial charge in [-0.25, -0.2) is 8.42 Å². The molecule has 0 bridgehead atoms. The molecule has 3 aromatic rings. The van der Waals surface area contributed by atoms with Crippen LogP contribution in [0.25, 0.3) is 0 Å². The molecule has 34 heavy (non-hydrogen) atoms. The molecule has 0 aliphatic heterocycles. The average molecular weight is 485 g/mol. The Hall–Kier alpha value is -3.33. The summed E-state index contributed by atoms with van der Waals surface area (Å²) in [4.78, 5) is 12.4. The van der Waals surface area contributed by atoms with Gasteiger partial charge >= 0.3 is 0 Å². The molecule has 0 unspecified atom stereocenters. The number of aryl methyl sites for hydroxylation is 3. The zero-order valence-corrected chi connectivity index (χ0v) is 21.1. The molecule has 8 nitrogen and oxygen atoms in total. The Labute approximate surface area is 201 Å². The standard InChI is InChI=1S/C25H32N4O4S/c1-18-16-19(2)21(4)25(20(18)3)34(31,32)28(5)22-8-10-23(11-9-22)33-17-24(30)26-12-6-14-29-15-7-13-27-29/h7-11,13,15-16H,6,12,14,17H2,1-5H3,(H,26,30). The lowest BCUT2D eigenvalue weighted by atomic mass is 10.0. The van der Waals surface area contributed by atoms with Gasteiger partial charge in [-0.05, 0) is 86.7 Å². The summed E-state index contributed by atoms with van der Waals surface area (Å²) in [5.74, 6) is 0.269. The number of nitrogens with zero attached hydrogens (tertiary/aromatic N) is 3. The molecule has 2 aromatic carbocycles. The van der Waals surface area contributed by atoms with Crippen LogP contribution in [-0.4, -0.2) is 44.3 Å². The Kier molecular flexibility index (Phi) is 7.98. The summed E-state index contributed by atoms with van der Waals surface area (Å²) in [6, 6.07) is 10.5. The third-order valence-corrected chi connectivity index (χ3v) is 7.99. The number of nitrogens with one attached hydrogen (secondary N) is 1. The minimum absolute atomic E-state index is 0.115. The van der Waals surface area contributed by atoms with Crippen LogP contribution in [0.4, 0.5) is 5.69 Å². The van der Waals surface area contributed by atoms with Gasteiger partial charge in [0.15, 0.2) is 6.61 Å². The van der Waals surface area contributed by atoms with Crippen molar-refractivity contribution in [2.45, 2.75) is 45.6 Å². The number of anilines is 1. The molecular weight excluding hydrogens is 452 g/mol. The lowest BCUT2D eigenvalue weighted by Crippen LogP contribution is -2.30. The predicted octanol–water partition coefficient (Wildman–Crippen LogP) is 3.53. The van der Waals surface area contributed by atoms with Crippen LogP contribution >= 0.6 is 0 Å². The van der Waals surface area contributed by atoms with Crippen molar-refractivity contribution in [1.82, 2.24) is 15.1 Å². The van der Waals surface area contributed by atoms with E-state index in [1.165, 1.54) is 4.31 Å². The molecule has 3 rings (SSSR count). The average Bonchev–Trinajstić information content (AvgIpc) is 3.33. The van der Waals surface area contributed by atoms with Gasteiger partial charge in [-0.1, -0.05) is 6.07 Å². The minimum atomic E-state index is -3.74. The van der Waals surface area contributed by atoms with Gasteiger partial charge < -0.3 is 10.1 Å². The van der Waals surface area contributed by atoms with Crippen LogP contribution in [-0.2, 0) is 21.4 Å². The summed E-state index contributed by atoms with van der Waals surface area (Å²) in [7, 11) is -2.20. The summed E-state index contributed by atoms with van der Waals surface area (Å²) < 4.78 is 35.5. The normalized spacial score (nSPS) is 11.3. The first-order chi connectivity index (χ1) is 16.1. The maximum absolute atomic E-state index is 13.4. The predicted molar refractivity (Wildman–Crippen MR) is 133 cm³/mol. The Morgan fingerprint density at radius 1 is 1.09 bits per heavy atom. The van der Waals surface area contributed by atoms with E-state index in [1.54, 1.807) is 37.5 Å². The van der Waals surface area contributed by atoms with Gasteiger partial charge in [0.25, 0.3) is 15.9 Å². The number of carbonyl (C=O) groups is 1. The zero-order chi connectivity index (χ0) is 24.9. The lowest BCUT2D eigenvalue weighted by molar-refractivity contribution is -0.123. The highest BCUT2D eigenvalue weighted by Crippen LogP contribution is 2.31. The van der Waals surface area contributed by atoms with Crippen molar-refractivity contribution in [1.29, 1.82) is 0 Å². The number of ether oxygens (including phenoxy) is 1. The fourth-order valence-electron chi connectivity index (χ4n) is 3.70. The van der Waals surface area contributed by atoms with Gasteiger partial charge in [0.1, 0.15) is 5.75 Å². The molecule has 0 atom stereocenters. The maximum atomic E-state index is 13.4. The highest BCUT2D eigenvalue weighted by molar-refractivity contribution is 7.92. The number of rotatable bonds is 10. The maximum Gasteiger partial charge on any atom is 0.264 e. The van der Waals surface area contributed by atoms with Gasteiger partial charge in [0.2, 0.25) is 0 Å². The molecule has 1 N–H and O–H groups in total. The van der Waals surface area contributed by atoms with Crippen molar-refractivity contribution in [3.05, 3.63) is 71.0 Å². The molecule has 0 aliphatic carbocycles. The monoisotopic (exact) mass is 484 g/mol. The summed E-state index contributed by atoms with van der Waals surface area (Å²) in [6.07, 6.45) is 4.36. The molecule has 9 heteroatoms. The molecule has 182 valence electrons. The van der Waals surface area contributed by atoms with E-state index >= 15 is 0 Å². The summed E-state index contributed by atoms with van der Waals surface area (Å²) in [5, 5.41) is 6.92. The second kappa shape index (κ2) is 10.7. The molecule has 0 saturated carbocycles. The summed E-state index contributed by atoms with van der Waals surface area (Å²) in [6.45, 7) is 8.65. The topological polar surface area (TPSA) is 93.5 Å². The zero-order valence-electron chi connectivity index (χ0n) is 20.3. The van der Waals surface area contributed by atoms with Crippen LogP contribution in [0.2, 0.25) is 0 Å². The highest BCUT2D eigenvalue weighted by Gasteiger charge is 2.27. The van der Waals surface area contributed by atoms with Gasteiger partial charge in [-0.3, -0.25) is 13.8 Å². The van der Waals surface area contributed by atoms with Crippen LogP contribution in [0.3, 0.4) is 0 Å². The number of aromatic nitrogens is 2. The first-order valence-corrected chi connectivity index (χ1v) is 12.6. The van der Waals surface area contributed by atoms with Gasteiger partial charge in [-0.2, -0.15) is 5.10 Å². The fraction of sp³-hybridized carbons (Fsp3) is 0.360. The number of sulfonamides is 1. The van der Waals surface area contributed by atoms with Crippen LogP contribution in [0.1, 0.15) is 28.7 Å². The molecule has 1 aromatic heterocycles. The molecule has 1 heterocycles. The van der Waals surface area contributed by atoms with E-state index in [0.717, 1.165) is 35.2 Å². The second-order valence-electron chi connectivity index (χ2n) is 8.32. The Morgan fingerprint density at radius 3 is 2.32 bits per heavy atom. The number of hydrogen-bond acceptors (Lipinski definition) is 5. The van der Waals surface area contributed by atoms with Crippen molar-refractivity contribution < 1.29 is 17.9 Å². The van der Waals surface area contributed by atoms with Gasteiger partial charge in [-0.15, -0.1) is 0 Å². The minimum Gasteiger partial charge on any atom is -0.484 e. The molecule has 0 spiro atoms. The van der Waals surface area contributed by atoms with E-state index in [1.807, 2.05) is 50.7 Å². The number of amides is 1. The second-order valence-corrected chi connectivity index (χ2v) is 10.2. The Bertz CT molecular complexity index is 1210. The highest BCUT2D eigenvalue weighted by atomic mass is 32.2. The molecular formula is C25H32N4O4S. The van der Waals surface area contributed by atoms with E-state index in [-0.39, 0.29) is 12.5 Å². The van der Waals surface area contributed by atoms with E-state index < -0.39 is 10.0 Å². The SMILES string of the molecule is Cc1cc(C)c(C)c(S(=O)(=O)N(C)c2ccc(OCC(=O)NCCCn3cccn3)cc2)c1C. The molecule has 0 saturated heterocycles. The Morgan fingerprint density at radius 2 is 1.74 bits per heavy atom.